The summed E-state index contributed by atoms with van der Waals surface area (Å²) in [6, 6.07) is 9.26. The fourth-order valence-electron chi connectivity index (χ4n) is 2.77. The summed E-state index contributed by atoms with van der Waals surface area (Å²) in [6.45, 7) is 4.07. The molecule has 2 aromatic carbocycles. The molecule has 0 aliphatic carbocycles. The molecule has 0 spiro atoms. The van der Waals surface area contributed by atoms with E-state index in [4.69, 9.17) is 21.1 Å². The van der Waals surface area contributed by atoms with Crippen molar-refractivity contribution in [3.8, 4) is 11.5 Å². The lowest BCUT2D eigenvalue weighted by atomic mass is 10.0. The van der Waals surface area contributed by atoms with E-state index in [1.165, 1.54) is 6.08 Å². The smallest absolute Gasteiger partial charge is 0.248 e. The van der Waals surface area contributed by atoms with Crippen molar-refractivity contribution in [1.82, 2.24) is 0 Å². The molecule has 4 nitrogen and oxygen atoms in total. The Morgan fingerprint density at radius 2 is 1.88 bits per heavy atom. The van der Waals surface area contributed by atoms with Crippen LogP contribution >= 0.6 is 11.6 Å². The second kappa shape index (κ2) is 9.30. The number of ether oxygens (including phenoxy) is 2. The normalized spacial score (nSPS) is 10.8. The quantitative estimate of drug-likeness (QED) is 0.684. The van der Waals surface area contributed by atoms with E-state index in [1.807, 2.05) is 31.2 Å². The van der Waals surface area contributed by atoms with Crippen LogP contribution in [0.3, 0.4) is 0 Å². The zero-order valence-corrected chi connectivity index (χ0v) is 16.3. The van der Waals surface area contributed by atoms with Crippen LogP contribution in [0.5, 0.6) is 11.5 Å². The van der Waals surface area contributed by atoms with Crippen molar-refractivity contribution in [1.29, 1.82) is 0 Å². The number of nitrogens with one attached hydrogen (secondary N) is 1. The largest absolute Gasteiger partial charge is 0.497 e. The van der Waals surface area contributed by atoms with Crippen LogP contribution in [0.2, 0.25) is 5.02 Å². The number of rotatable bonds is 7. The van der Waals surface area contributed by atoms with Gasteiger partial charge in [-0.2, -0.15) is 0 Å². The molecule has 5 heteroatoms. The van der Waals surface area contributed by atoms with Crippen molar-refractivity contribution in [3.05, 3.63) is 58.1 Å². The van der Waals surface area contributed by atoms with Gasteiger partial charge >= 0.3 is 0 Å². The zero-order chi connectivity index (χ0) is 19.1. The molecule has 0 bridgehead atoms. The van der Waals surface area contributed by atoms with Crippen molar-refractivity contribution < 1.29 is 14.3 Å². The van der Waals surface area contributed by atoms with Gasteiger partial charge in [0.2, 0.25) is 5.91 Å². The van der Waals surface area contributed by atoms with E-state index in [-0.39, 0.29) is 5.91 Å². The Morgan fingerprint density at radius 1 is 1.12 bits per heavy atom. The molecule has 0 radical (unpaired) electrons. The molecule has 0 unspecified atom stereocenters. The lowest BCUT2D eigenvalue weighted by Gasteiger charge is -2.15. The van der Waals surface area contributed by atoms with E-state index in [0.717, 1.165) is 35.2 Å². The van der Waals surface area contributed by atoms with Gasteiger partial charge < -0.3 is 14.8 Å². The number of hydrogen-bond acceptors (Lipinski definition) is 3. The summed E-state index contributed by atoms with van der Waals surface area (Å²) in [6.07, 6.45) is 4.75. The summed E-state index contributed by atoms with van der Waals surface area (Å²) < 4.78 is 10.6. The van der Waals surface area contributed by atoms with Crippen LogP contribution in [0.25, 0.3) is 6.08 Å². The molecule has 0 atom stereocenters. The third kappa shape index (κ3) is 4.58. The van der Waals surface area contributed by atoms with Crippen LogP contribution < -0.4 is 14.8 Å². The molecule has 0 aliphatic rings. The van der Waals surface area contributed by atoms with Gasteiger partial charge in [-0.1, -0.05) is 31.5 Å². The summed E-state index contributed by atoms with van der Waals surface area (Å²) in [4.78, 5) is 12.5. The summed E-state index contributed by atoms with van der Waals surface area (Å²) >= 11 is 6.29. The molecular formula is C21H24ClNO3. The number of carbonyl (C=O) groups is 1. The van der Waals surface area contributed by atoms with Gasteiger partial charge in [-0.15, -0.1) is 0 Å². The maximum absolute atomic E-state index is 12.5. The minimum Gasteiger partial charge on any atom is -0.497 e. The first-order valence-electron chi connectivity index (χ1n) is 8.55. The second-order valence-corrected chi connectivity index (χ2v) is 6.10. The summed E-state index contributed by atoms with van der Waals surface area (Å²) in [7, 11) is 3.19. The molecule has 0 saturated heterocycles. The van der Waals surface area contributed by atoms with E-state index < -0.39 is 0 Å². The number of aryl methyl sites for hydroxylation is 1. The molecule has 1 amide bonds. The Bertz CT molecular complexity index is 815. The van der Waals surface area contributed by atoms with Crippen molar-refractivity contribution in [2.45, 2.75) is 26.7 Å². The molecule has 2 aromatic rings. The van der Waals surface area contributed by atoms with E-state index in [0.29, 0.717) is 16.5 Å². The van der Waals surface area contributed by atoms with E-state index in [9.17, 15) is 4.79 Å². The number of methoxy groups -OCH3 is 2. The number of halogens is 1. The zero-order valence-electron chi connectivity index (χ0n) is 15.6. The first-order chi connectivity index (χ1) is 12.5. The van der Waals surface area contributed by atoms with Crippen LogP contribution in [-0.2, 0) is 17.6 Å². The molecule has 0 saturated carbocycles. The summed E-state index contributed by atoms with van der Waals surface area (Å²) in [5.74, 6) is 1.14. The molecule has 1 N–H and O–H groups in total. The molecular weight excluding hydrogens is 350 g/mol. The van der Waals surface area contributed by atoms with Crippen molar-refractivity contribution >= 4 is 29.3 Å². The molecule has 0 fully saturated rings. The van der Waals surface area contributed by atoms with Crippen molar-refractivity contribution in [2.24, 2.45) is 0 Å². The Hall–Kier alpha value is -2.46. The third-order valence-corrected chi connectivity index (χ3v) is 4.53. The van der Waals surface area contributed by atoms with Gasteiger partial charge in [0.15, 0.2) is 0 Å². The molecule has 0 aliphatic heterocycles. The molecule has 138 valence electrons. The van der Waals surface area contributed by atoms with Gasteiger partial charge in [0.25, 0.3) is 0 Å². The minimum absolute atomic E-state index is 0.221. The van der Waals surface area contributed by atoms with Gasteiger partial charge in [0.1, 0.15) is 11.5 Å². The van der Waals surface area contributed by atoms with Crippen LogP contribution in [0, 0.1) is 0 Å². The number of carbonyl (C=O) groups excluding carboxylic acids is 1. The Morgan fingerprint density at radius 3 is 2.50 bits per heavy atom. The topological polar surface area (TPSA) is 47.6 Å². The molecule has 26 heavy (non-hydrogen) atoms. The van der Waals surface area contributed by atoms with Crippen LogP contribution in [0.15, 0.2) is 36.4 Å². The average molecular weight is 374 g/mol. The molecule has 2 rings (SSSR count). The predicted octanol–water partition coefficient (Wildman–Crippen LogP) is 5.13. The van der Waals surface area contributed by atoms with E-state index >= 15 is 0 Å². The Kier molecular flexibility index (Phi) is 7.10. The second-order valence-electron chi connectivity index (χ2n) is 5.70. The van der Waals surface area contributed by atoms with E-state index in [1.54, 1.807) is 26.4 Å². The van der Waals surface area contributed by atoms with E-state index in [2.05, 4.69) is 12.2 Å². The molecule has 0 aromatic heterocycles. The number of hydrogen-bond donors (Lipinski definition) is 1. The maximum Gasteiger partial charge on any atom is 0.248 e. The lowest BCUT2D eigenvalue weighted by molar-refractivity contribution is -0.111. The lowest BCUT2D eigenvalue weighted by Crippen LogP contribution is -2.12. The van der Waals surface area contributed by atoms with Crippen molar-refractivity contribution in [2.75, 3.05) is 19.5 Å². The van der Waals surface area contributed by atoms with Crippen LogP contribution in [0.1, 0.15) is 30.5 Å². The van der Waals surface area contributed by atoms with Gasteiger partial charge in [-0.05, 0) is 54.3 Å². The molecule has 0 heterocycles. The third-order valence-electron chi connectivity index (χ3n) is 4.18. The first-order valence-corrected chi connectivity index (χ1v) is 8.93. The Balaban J connectivity index is 2.27. The number of anilines is 1. The van der Waals surface area contributed by atoms with Gasteiger partial charge in [-0.3, -0.25) is 4.79 Å². The highest BCUT2D eigenvalue weighted by Gasteiger charge is 2.12. The van der Waals surface area contributed by atoms with Crippen molar-refractivity contribution in [3.63, 3.8) is 0 Å². The fraction of sp³-hybridized carbons (Fsp3) is 0.286. The first kappa shape index (κ1) is 19.9. The monoisotopic (exact) mass is 373 g/mol. The van der Waals surface area contributed by atoms with Gasteiger partial charge in [0, 0.05) is 22.3 Å². The fourth-order valence-corrected chi connectivity index (χ4v) is 3.06. The predicted molar refractivity (Wildman–Crippen MR) is 107 cm³/mol. The number of benzene rings is 2. The van der Waals surface area contributed by atoms with Crippen LogP contribution in [0.4, 0.5) is 5.69 Å². The van der Waals surface area contributed by atoms with Gasteiger partial charge in [0.05, 0.1) is 14.2 Å². The highest BCUT2D eigenvalue weighted by molar-refractivity contribution is 6.32. The minimum atomic E-state index is -0.221. The standard InChI is InChI=1S/C21H24ClNO3/c1-5-14-7-10-18(22)17(6-2)21(14)23-20(24)12-8-15-13-16(25-3)9-11-19(15)26-4/h7-13H,5-6H2,1-4H3,(H,23,24)/b12-8+. The SMILES string of the molecule is CCc1ccc(Cl)c(CC)c1NC(=O)/C=C/c1cc(OC)ccc1OC. The summed E-state index contributed by atoms with van der Waals surface area (Å²) in [5.41, 5.74) is 3.58. The summed E-state index contributed by atoms with van der Waals surface area (Å²) in [5, 5.41) is 3.64. The highest BCUT2D eigenvalue weighted by atomic mass is 35.5. The highest BCUT2D eigenvalue weighted by Crippen LogP contribution is 2.30. The van der Waals surface area contributed by atoms with Crippen LogP contribution in [-0.4, -0.2) is 20.1 Å². The maximum atomic E-state index is 12.5. The Labute approximate surface area is 159 Å². The average Bonchev–Trinajstić information content (AvgIpc) is 2.66. The number of amides is 1. The van der Waals surface area contributed by atoms with Gasteiger partial charge in [-0.25, -0.2) is 0 Å².